The molecule has 0 aliphatic rings. The molecule has 0 radical (unpaired) electrons. The van der Waals surface area contributed by atoms with Gasteiger partial charge in [0.2, 0.25) is 5.91 Å². The maximum absolute atomic E-state index is 14.1. The minimum absolute atomic E-state index is 0.00703. The number of methoxy groups -OCH3 is 2. The highest BCUT2D eigenvalue weighted by atomic mass is 32.1. The van der Waals surface area contributed by atoms with Crippen molar-refractivity contribution in [3.05, 3.63) is 64.2 Å². The first-order valence-corrected chi connectivity index (χ1v) is 12.7. The first-order chi connectivity index (χ1) is 17.9. The Hall–Kier alpha value is -4.12. The summed E-state index contributed by atoms with van der Waals surface area (Å²) in [6.45, 7) is 7.56. The molecule has 0 spiro atoms. The van der Waals surface area contributed by atoms with E-state index >= 15 is 0 Å². The molecule has 5 N–H and O–H groups in total. The number of ether oxygens (including phenoxy) is 2. The second kappa shape index (κ2) is 11.5. The van der Waals surface area contributed by atoms with E-state index in [2.05, 4.69) is 9.69 Å². The van der Waals surface area contributed by atoms with Crippen LogP contribution in [-0.2, 0) is 11.2 Å². The van der Waals surface area contributed by atoms with Gasteiger partial charge in [-0.3, -0.25) is 19.3 Å². The molecule has 3 aromatic rings. The summed E-state index contributed by atoms with van der Waals surface area (Å²) >= 11 is 0.751. The second-order valence-electron chi connectivity index (χ2n) is 9.59. The van der Waals surface area contributed by atoms with E-state index in [9.17, 15) is 14.4 Å². The number of nitrogens with one attached hydrogen (secondary N) is 1. The molecule has 38 heavy (non-hydrogen) atoms. The normalized spacial score (nSPS) is 11.9. The average molecular weight is 540 g/mol. The van der Waals surface area contributed by atoms with Crippen LogP contribution in [0.15, 0.2) is 42.5 Å². The minimum atomic E-state index is -1.15. The quantitative estimate of drug-likeness (QED) is 0.375. The second-order valence-corrected chi connectivity index (χ2v) is 10.4. The smallest absolute Gasteiger partial charge is 0.273 e. The van der Waals surface area contributed by atoms with Crippen LogP contribution in [-0.4, -0.2) is 41.9 Å². The van der Waals surface area contributed by atoms with Crippen LogP contribution in [0.2, 0.25) is 0 Å². The highest BCUT2D eigenvalue weighted by Gasteiger charge is 2.37. The lowest BCUT2D eigenvalue weighted by Gasteiger charge is -2.34. The summed E-state index contributed by atoms with van der Waals surface area (Å²) in [6, 6.07) is 11.2. The molecule has 1 atom stereocenters. The van der Waals surface area contributed by atoms with Crippen molar-refractivity contribution in [1.29, 1.82) is 0 Å². The van der Waals surface area contributed by atoms with Crippen molar-refractivity contribution < 1.29 is 23.9 Å². The molecule has 10 nitrogen and oxygen atoms in total. The van der Waals surface area contributed by atoms with E-state index in [1.54, 1.807) is 30.3 Å². The summed E-state index contributed by atoms with van der Waals surface area (Å²) in [4.78, 5) is 41.2. The summed E-state index contributed by atoms with van der Waals surface area (Å²) in [5.74, 6) is -1.04. The molecule has 3 amide bonds. The lowest BCUT2D eigenvalue weighted by molar-refractivity contribution is -0.123. The lowest BCUT2D eigenvalue weighted by atomic mass is 9.99. The number of primary amides is 1. The highest BCUT2D eigenvalue weighted by Crippen LogP contribution is 2.37. The number of benzene rings is 2. The summed E-state index contributed by atoms with van der Waals surface area (Å²) in [6.07, 6.45) is 0.793. The Balaban J connectivity index is 2.28. The fourth-order valence-electron chi connectivity index (χ4n) is 3.89. The zero-order valence-electron chi connectivity index (χ0n) is 22.3. The van der Waals surface area contributed by atoms with Gasteiger partial charge in [0.25, 0.3) is 11.8 Å². The molecular weight excluding hydrogens is 506 g/mol. The number of amides is 3. The van der Waals surface area contributed by atoms with E-state index in [1.165, 1.54) is 19.1 Å². The maximum Gasteiger partial charge on any atom is 0.273 e. The number of nitrogens with two attached hydrogens (primary N) is 2. The fourth-order valence-corrected chi connectivity index (χ4v) is 4.64. The van der Waals surface area contributed by atoms with Crippen LogP contribution in [0, 0.1) is 0 Å². The van der Waals surface area contributed by atoms with Crippen LogP contribution < -0.4 is 31.2 Å². The predicted octanol–water partition coefficient (Wildman–Crippen LogP) is 3.71. The average Bonchev–Trinajstić information content (AvgIpc) is 3.27. The van der Waals surface area contributed by atoms with E-state index in [0.717, 1.165) is 23.5 Å². The number of aromatic nitrogens is 1. The molecule has 3 rings (SSSR count). The van der Waals surface area contributed by atoms with Crippen molar-refractivity contribution >= 4 is 40.6 Å². The van der Waals surface area contributed by atoms with Crippen molar-refractivity contribution in [3.8, 4) is 11.5 Å². The molecule has 1 unspecified atom stereocenters. The SMILES string of the molecule is CCc1ccc(N(C(=O)c2snc(C(N)=O)c2N)C(C(=O)NC(C)(C)C)c2ccc(OC)c(OC)c2)cc1. The van der Waals surface area contributed by atoms with Gasteiger partial charge in [-0.2, -0.15) is 4.37 Å². The molecular formula is C27H33N5O5S. The van der Waals surface area contributed by atoms with E-state index in [-0.39, 0.29) is 16.3 Å². The number of anilines is 2. The predicted molar refractivity (Wildman–Crippen MR) is 148 cm³/mol. The topological polar surface area (TPSA) is 150 Å². The first kappa shape index (κ1) is 28.5. The monoisotopic (exact) mass is 539 g/mol. The Labute approximate surface area is 226 Å². The molecule has 0 aliphatic carbocycles. The van der Waals surface area contributed by atoms with Gasteiger partial charge in [0.05, 0.1) is 19.9 Å². The van der Waals surface area contributed by atoms with Crippen LogP contribution in [0.4, 0.5) is 11.4 Å². The van der Waals surface area contributed by atoms with Crippen molar-refractivity contribution in [1.82, 2.24) is 9.69 Å². The summed E-state index contributed by atoms with van der Waals surface area (Å²) < 4.78 is 14.8. The Morgan fingerprint density at radius 3 is 2.18 bits per heavy atom. The lowest BCUT2D eigenvalue weighted by Crippen LogP contribution is -2.49. The summed E-state index contributed by atoms with van der Waals surface area (Å²) in [5, 5.41) is 2.98. The Morgan fingerprint density at radius 2 is 1.68 bits per heavy atom. The van der Waals surface area contributed by atoms with E-state index in [0.29, 0.717) is 22.7 Å². The van der Waals surface area contributed by atoms with Crippen LogP contribution in [0.25, 0.3) is 0 Å². The number of aryl methyl sites for hydroxylation is 1. The zero-order chi connectivity index (χ0) is 28.2. The molecule has 0 fully saturated rings. The van der Waals surface area contributed by atoms with Crippen molar-refractivity contribution in [2.75, 3.05) is 24.9 Å². The molecule has 0 bridgehead atoms. The standard InChI is InChI=1S/C27H33N5O5S/c1-7-15-8-11-17(12-9-15)32(26(35)23-20(28)21(24(29)33)31-38-23)22(25(34)30-27(2,3)4)16-10-13-18(36-5)19(14-16)37-6/h8-14,22H,7,28H2,1-6H3,(H2,29,33)(H,30,34). The van der Waals surface area contributed by atoms with Crippen LogP contribution in [0.3, 0.4) is 0 Å². The van der Waals surface area contributed by atoms with Crippen molar-refractivity contribution in [2.24, 2.45) is 5.73 Å². The van der Waals surface area contributed by atoms with Gasteiger partial charge < -0.3 is 26.3 Å². The largest absolute Gasteiger partial charge is 0.493 e. The number of nitrogens with zero attached hydrogens (tertiary/aromatic N) is 2. The van der Waals surface area contributed by atoms with E-state index in [4.69, 9.17) is 20.9 Å². The van der Waals surface area contributed by atoms with Gasteiger partial charge in [-0.05, 0) is 74.1 Å². The van der Waals surface area contributed by atoms with E-state index in [1.807, 2.05) is 39.8 Å². The van der Waals surface area contributed by atoms with Gasteiger partial charge in [-0.1, -0.05) is 25.1 Å². The summed E-state index contributed by atoms with van der Waals surface area (Å²) in [7, 11) is 3.00. The van der Waals surface area contributed by atoms with Gasteiger partial charge >= 0.3 is 0 Å². The van der Waals surface area contributed by atoms with Gasteiger partial charge in [0, 0.05) is 11.2 Å². The van der Waals surface area contributed by atoms with Gasteiger partial charge in [-0.15, -0.1) is 0 Å². The molecule has 202 valence electrons. The molecule has 0 saturated carbocycles. The number of carbonyl (C=O) groups excluding carboxylic acids is 3. The van der Waals surface area contributed by atoms with Gasteiger partial charge in [0.15, 0.2) is 17.2 Å². The molecule has 0 aliphatic heterocycles. The van der Waals surface area contributed by atoms with Crippen molar-refractivity contribution in [3.63, 3.8) is 0 Å². The number of rotatable bonds is 9. The first-order valence-electron chi connectivity index (χ1n) is 11.9. The Morgan fingerprint density at radius 1 is 1.05 bits per heavy atom. The summed E-state index contributed by atoms with van der Waals surface area (Å²) in [5.41, 5.74) is 12.6. The highest BCUT2D eigenvalue weighted by molar-refractivity contribution is 7.09. The van der Waals surface area contributed by atoms with Crippen LogP contribution in [0.1, 0.15) is 65.0 Å². The Kier molecular flexibility index (Phi) is 8.62. The molecule has 1 aromatic heterocycles. The maximum atomic E-state index is 14.1. The Bertz CT molecular complexity index is 1330. The third kappa shape index (κ3) is 6.05. The van der Waals surface area contributed by atoms with Gasteiger partial charge in [0.1, 0.15) is 10.9 Å². The number of carbonyl (C=O) groups is 3. The third-order valence-corrected chi connectivity index (χ3v) is 6.58. The van der Waals surface area contributed by atoms with Crippen LogP contribution >= 0.6 is 11.5 Å². The molecule has 1 heterocycles. The van der Waals surface area contributed by atoms with Crippen LogP contribution in [0.5, 0.6) is 11.5 Å². The molecule has 0 saturated heterocycles. The number of hydrogen-bond acceptors (Lipinski definition) is 8. The number of hydrogen-bond donors (Lipinski definition) is 3. The molecule has 11 heteroatoms. The fraction of sp³-hybridized carbons (Fsp3) is 0.333. The third-order valence-electron chi connectivity index (χ3n) is 5.73. The van der Waals surface area contributed by atoms with Gasteiger partial charge in [-0.25, -0.2) is 0 Å². The zero-order valence-corrected chi connectivity index (χ0v) is 23.1. The minimum Gasteiger partial charge on any atom is -0.493 e. The van der Waals surface area contributed by atoms with Crippen molar-refractivity contribution in [2.45, 2.75) is 45.7 Å². The van der Waals surface area contributed by atoms with E-state index < -0.39 is 29.3 Å². The molecule has 2 aromatic carbocycles. The number of nitrogen functional groups attached to an aromatic ring is 1.